The molecule has 1 aliphatic heterocycles. The summed E-state index contributed by atoms with van der Waals surface area (Å²) in [5.74, 6) is -0.481. The van der Waals surface area contributed by atoms with Crippen molar-refractivity contribution in [2.24, 2.45) is 0 Å². The first-order chi connectivity index (χ1) is 18.9. The highest BCUT2D eigenvalue weighted by molar-refractivity contribution is 7.89. The highest BCUT2D eigenvalue weighted by atomic mass is 32.2. The first kappa shape index (κ1) is 29.2. The number of nitrogens with zero attached hydrogens (tertiary/aromatic N) is 3. The molecule has 2 heterocycles. The zero-order chi connectivity index (χ0) is 29.2. The molecule has 2 N–H and O–H groups in total. The highest BCUT2D eigenvalue weighted by Gasteiger charge is 2.29. The molecule has 4 rings (SSSR count). The lowest BCUT2D eigenvalue weighted by Crippen LogP contribution is -2.32. The second kappa shape index (κ2) is 11.7. The van der Waals surface area contributed by atoms with E-state index in [1.807, 2.05) is 32.0 Å². The van der Waals surface area contributed by atoms with Gasteiger partial charge in [-0.25, -0.2) is 13.1 Å². The lowest BCUT2D eigenvalue weighted by Gasteiger charge is -2.16. The van der Waals surface area contributed by atoms with E-state index in [1.165, 1.54) is 10.7 Å². The Labute approximate surface area is 232 Å². The molecule has 2 aromatic carbocycles. The third-order valence-electron chi connectivity index (χ3n) is 6.63. The first-order valence-electron chi connectivity index (χ1n) is 12.9. The zero-order valence-electron chi connectivity index (χ0n) is 23.1. The maximum atomic E-state index is 13.2. The van der Waals surface area contributed by atoms with Crippen LogP contribution < -0.4 is 14.8 Å². The third-order valence-corrected chi connectivity index (χ3v) is 8.31. The van der Waals surface area contributed by atoms with Gasteiger partial charge in [-0.15, -0.1) is 0 Å². The minimum atomic E-state index is -4.20. The number of aromatic nitrogens is 2. The van der Waals surface area contributed by atoms with E-state index in [2.05, 4.69) is 15.1 Å². The SMILES string of the molecule is Cc1cccc(-n2nc(C(=O)NC[C@@H]3CCCO3)c(C)c2Oc2ccc([N+](=O)[O-])cc2S(=O)(=O)NC(C)C)c1C. The van der Waals surface area contributed by atoms with Gasteiger partial charge in [-0.05, 0) is 70.7 Å². The van der Waals surface area contributed by atoms with Crippen LogP contribution in [0.1, 0.15) is 53.9 Å². The first-order valence-corrected chi connectivity index (χ1v) is 14.4. The second-order valence-corrected chi connectivity index (χ2v) is 11.7. The molecule has 1 saturated heterocycles. The Morgan fingerprint density at radius 1 is 1.23 bits per heavy atom. The van der Waals surface area contributed by atoms with E-state index in [-0.39, 0.29) is 23.4 Å². The van der Waals surface area contributed by atoms with Crippen LogP contribution in [0.25, 0.3) is 5.69 Å². The number of nitro benzene ring substituents is 1. The van der Waals surface area contributed by atoms with Crippen molar-refractivity contribution in [1.29, 1.82) is 0 Å². The van der Waals surface area contributed by atoms with Gasteiger partial charge in [0.2, 0.25) is 15.9 Å². The van der Waals surface area contributed by atoms with Gasteiger partial charge in [0.15, 0.2) is 5.69 Å². The predicted octanol–water partition coefficient (Wildman–Crippen LogP) is 4.09. The van der Waals surface area contributed by atoms with Gasteiger partial charge in [0.25, 0.3) is 11.6 Å². The Morgan fingerprint density at radius 3 is 2.62 bits per heavy atom. The molecule has 214 valence electrons. The molecule has 1 atom stereocenters. The van der Waals surface area contributed by atoms with Crippen molar-refractivity contribution in [2.45, 2.75) is 64.5 Å². The Balaban J connectivity index is 1.83. The van der Waals surface area contributed by atoms with E-state index >= 15 is 0 Å². The van der Waals surface area contributed by atoms with Crippen molar-refractivity contribution in [3.8, 4) is 17.3 Å². The van der Waals surface area contributed by atoms with Gasteiger partial charge in [0, 0.05) is 36.9 Å². The topological polar surface area (TPSA) is 155 Å². The van der Waals surface area contributed by atoms with Gasteiger partial charge in [0.1, 0.15) is 10.6 Å². The molecule has 40 heavy (non-hydrogen) atoms. The number of non-ortho nitro benzene ring substituents is 1. The number of hydrogen-bond acceptors (Lipinski definition) is 8. The van der Waals surface area contributed by atoms with Crippen LogP contribution in [0.15, 0.2) is 41.3 Å². The van der Waals surface area contributed by atoms with E-state index in [0.29, 0.717) is 24.4 Å². The summed E-state index contributed by atoms with van der Waals surface area (Å²) < 4.78 is 42.0. The highest BCUT2D eigenvalue weighted by Crippen LogP contribution is 2.36. The number of amides is 1. The molecule has 0 radical (unpaired) electrons. The lowest BCUT2D eigenvalue weighted by atomic mass is 10.1. The number of sulfonamides is 1. The summed E-state index contributed by atoms with van der Waals surface area (Å²) in [4.78, 5) is 23.6. The Kier molecular flexibility index (Phi) is 8.57. The lowest BCUT2D eigenvalue weighted by molar-refractivity contribution is -0.385. The Bertz CT molecular complexity index is 1540. The number of ether oxygens (including phenoxy) is 2. The fraction of sp³-hybridized carbons (Fsp3) is 0.407. The van der Waals surface area contributed by atoms with Crippen molar-refractivity contribution in [3.05, 3.63) is 68.9 Å². The summed E-state index contributed by atoms with van der Waals surface area (Å²) in [6.07, 6.45) is 1.72. The number of nitrogens with one attached hydrogen (secondary N) is 2. The smallest absolute Gasteiger partial charge is 0.272 e. The fourth-order valence-corrected chi connectivity index (χ4v) is 5.82. The van der Waals surface area contributed by atoms with Crippen LogP contribution in [0.2, 0.25) is 0 Å². The summed E-state index contributed by atoms with van der Waals surface area (Å²) in [5.41, 5.74) is 2.53. The molecular weight excluding hydrogens is 538 g/mol. The van der Waals surface area contributed by atoms with Gasteiger partial charge < -0.3 is 14.8 Å². The average Bonchev–Trinajstić information content (AvgIpc) is 3.52. The van der Waals surface area contributed by atoms with E-state index in [0.717, 1.165) is 36.1 Å². The quantitative estimate of drug-likeness (QED) is 0.272. The molecule has 0 saturated carbocycles. The van der Waals surface area contributed by atoms with E-state index in [1.54, 1.807) is 20.8 Å². The van der Waals surface area contributed by atoms with Crippen molar-refractivity contribution in [1.82, 2.24) is 19.8 Å². The van der Waals surface area contributed by atoms with Crippen LogP contribution in [-0.2, 0) is 14.8 Å². The normalized spacial score (nSPS) is 15.4. The predicted molar refractivity (Wildman–Crippen MR) is 148 cm³/mol. The molecule has 0 aliphatic carbocycles. The summed E-state index contributed by atoms with van der Waals surface area (Å²) in [5, 5.41) is 18.9. The maximum Gasteiger partial charge on any atom is 0.272 e. The minimum Gasteiger partial charge on any atom is -0.437 e. The zero-order valence-corrected chi connectivity index (χ0v) is 23.9. The molecule has 3 aromatic rings. The van der Waals surface area contributed by atoms with Gasteiger partial charge in [-0.1, -0.05) is 12.1 Å². The van der Waals surface area contributed by atoms with Crippen LogP contribution in [0.4, 0.5) is 5.69 Å². The van der Waals surface area contributed by atoms with E-state index < -0.39 is 37.5 Å². The van der Waals surface area contributed by atoms with Crippen molar-refractivity contribution >= 4 is 21.6 Å². The summed E-state index contributed by atoms with van der Waals surface area (Å²) in [7, 11) is -4.20. The fourth-order valence-electron chi connectivity index (χ4n) is 4.42. The molecule has 13 heteroatoms. The molecular formula is C27H33N5O7S. The van der Waals surface area contributed by atoms with Crippen LogP contribution in [-0.4, -0.2) is 54.3 Å². The number of rotatable bonds is 10. The number of carbonyl (C=O) groups excluding carboxylic acids is 1. The second-order valence-electron chi connectivity index (χ2n) is 10.0. The van der Waals surface area contributed by atoms with E-state index in [9.17, 15) is 23.3 Å². The largest absolute Gasteiger partial charge is 0.437 e. The van der Waals surface area contributed by atoms with Crippen molar-refractivity contribution in [3.63, 3.8) is 0 Å². The summed E-state index contributed by atoms with van der Waals surface area (Å²) in [6.45, 7) is 9.74. The maximum absolute atomic E-state index is 13.2. The van der Waals surface area contributed by atoms with Crippen LogP contribution >= 0.6 is 0 Å². The molecule has 1 amide bonds. The minimum absolute atomic E-state index is 0.0672. The van der Waals surface area contributed by atoms with Gasteiger partial charge in [-0.3, -0.25) is 14.9 Å². The molecule has 0 bridgehead atoms. The molecule has 1 aliphatic rings. The van der Waals surface area contributed by atoms with E-state index in [4.69, 9.17) is 9.47 Å². The summed E-state index contributed by atoms with van der Waals surface area (Å²) in [6, 6.07) is 8.44. The van der Waals surface area contributed by atoms with Crippen molar-refractivity contribution < 1.29 is 27.6 Å². The van der Waals surface area contributed by atoms with Gasteiger partial charge >= 0.3 is 0 Å². The summed E-state index contributed by atoms with van der Waals surface area (Å²) >= 11 is 0. The van der Waals surface area contributed by atoms with Crippen LogP contribution in [0, 0.1) is 30.9 Å². The average molecular weight is 572 g/mol. The standard InChI is InChI=1S/C27H33N5O7S/c1-16(2)30-40(36,37)24-14-20(32(34)35)11-12-23(24)39-27-19(5)25(26(33)28-15-21-9-7-13-38-21)29-31(27)22-10-6-8-17(3)18(22)4/h6,8,10-12,14,16,21,30H,7,9,13,15H2,1-5H3,(H,28,33)/t21-/m0/s1. The number of benzene rings is 2. The molecule has 0 spiro atoms. The van der Waals surface area contributed by atoms with Gasteiger partial charge in [0.05, 0.1) is 16.7 Å². The Morgan fingerprint density at radius 2 is 1.98 bits per heavy atom. The van der Waals surface area contributed by atoms with Crippen LogP contribution in [0.5, 0.6) is 11.6 Å². The third kappa shape index (κ3) is 6.16. The molecule has 1 aromatic heterocycles. The Hall–Kier alpha value is -3.81. The number of hydrogen-bond donors (Lipinski definition) is 2. The van der Waals surface area contributed by atoms with Gasteiger partial charge in [-0.2, -0.15) is 9.78 Å². The monoisotopic (exact) mass is 571 g/mol. The van der Waals surface area contributed by atoms with Crippen molar-refractivity contribution in [2.75, 3.05) is 13.2 Å². The molecule has 12 nitrogen and oxygen atoms in total. The van der Waals surface area contributed by atoms with Crippen LogP contribution in [0.3, 0.4) is 0 Å². The number of nitro groups is 1. The number of carbonyl (C=O) groups is 1. The number of aryl methyl sites for hydroxylation is 1. The molecule has 0 unspecified atom stereocenters. The molecule has 1 fully saturated rings.